The van der Waals surface area contributed by atoms with Gasteiger partial charge >= 0.3 is 0 Å². The predicted octanol–water partition coefficient (Wildman–Crippen LogP) is 8.95. The highest BCUT2D eigenvalue weighted by Gasteiger charge is 2.44. The van der Waals surface area contributed by atoms with Crippen LogP contribution >= 0.6 is 0 Å². The maximum atomic E-state index is 12.9. The molecule has 0 saturated carbocycles. The standard InChI is InChI=1S/C44H85NO8/c1-3-5-7-9-11-13-14-15-16-17-18-19-20-21-22-23-24-26-28-30-32-34-40(48)45-37(38(47)33-31-29-27-25-12-10-8-6-4-2)36-52-44-43(51)42(50)41(49)39(35-46)53-44/h31,33,37-39,41-44,46-47,49-51H,3-30,32,34-36H2,1-2H3,(H,45,48)/b33-31+/t37-,38+,39+,41-,42?,43?,44+/m0/s1. The second-order valence-corrected chi connectivity index (χ2v) is 15.9. The van der Waals surface area contributed by atoms with Crippen molar-refractivity contribution in [2.24, 2.45) is 0 Å². The summed E-state index contributed by atoms with van der Waals surface area (Å²) in [4.78, 5) is 12.9. The van der Waals surface area contributed by atoms with Gasteiger partial charge in [-0.05, 0) is 19.3 Å². The van der Waals surface area contributed by atoms with Gasteiger partial charge < -0.3 is 40.3 Å². The van der Waals surface area contributed by atoms with Gasteiger partial charge in [0.2, 0.25) is 5.91 Å². The van der Waals surface area contributed by atoms with Gasteiger partial charge in [-0.3, -0.25) is 4.79 Å². The van der Waals surface area contributed by atoms with Gasteiger partial charge in [0, 0.05) is 6.42 Å². The van der Waals surface area contributed by atoms with Crippen LogP contribution in [-0.4, -0.2) is 87.5 Å². The van der Waals surface area contributed by atoms with E-state index in [0.29, 0.717) is 6.42 Å². The van der Waals surface area contributed by atoms with Gasteiger partial charge in [-0.1, -0.05) is 193 Å². The van der Waals surface area contributed by atoms with Gasteiger partial charge in [0.1, 0.15) is 24.4 Å². The average Bonchev–Trinajstić information content (AvgIpc) is 3.16. The van der Waals surface area contributed by atoms with Crippen LogP contribution in [0.2, 0.25) is 0 Å². The van der Waals surface area contributed by atoms with Gasteiger partial charge in [0.25, 0.3) is 0 Å². The summed E-state index contributed by atoms with van der Waals surface area (Å²) in [6.45, 7) is 3.75. The zero-order chi connectivity index (χ0) is 38.8. The molecule has 1 rings (SSSR count). The van der Waals surface area contributed by atoms with Crippen LogP contribution in [0.1, 0.15) is 206 Å². The maximum absolute atomic E-state index is 12.9. The molecule has 1 amide bonds. The van der Waals surface area contributed by atoms with Crippen LogP contribution in [0.25, 0.3) is 0 Å². The third kappa shape index (κ3) is 26.4. The molecule has 7 atom stereocenters. The summed E-state index contributed by atoms with van der Waals surface area (Å²) in [5, 5.41) is 54.0. The van der Waals surface area contributed by atoms with Crippen LogP contribution in [-0.2, 0) is 14.3 Å². The molecule has 0 aliphatic carbocycles. The summed E-state index contributed by atoms with van der Waals surface area (Å²) in [7, 11) is 0. The highest BCUT2D eigenvalue weighted by molar-refractivity contribution is 5.76. The van der Waals surface area contributed by atoms with E-state index in [1.165, 1.54) is 148 Å². The molecule has 0 aromatic carbocycles. The number of allylic oxidation sites excluding steroid dienone is 1. The Hall–Kier alpha value is -1.07. The molecule has 1 aliphatic rings. The van der Waals surface area contributed by atoms with Crippen LogP contribution in [0.5, 0.6) is 0 Å². The summed E-state index contributed by atoms with van der Waals surface area (Å²) in [6.07, 6.45) is 32.7. The van der Waals surface area contributed by atoms with Crippen molar-refractivity contribution in [2.45, 2.75) is 249 Å². The highest BCUT2D eigenvalue weighted by Crippen LogP contribution is 2.23. The first kappa shape index (κ1) is 49.9. The number of nitrogens with one attached hydrogen (secondary N) is 1. The number of aliphatic hydroxyl groups is 5. The number of carbonyl (C=O) groups is 1. The van der Waals surface area contributed by atoms with Crippen molar-refractivity contribution in [3.05, 3.63) is 12.2 Å². The number of amides is 1. The predicted molar refractivity (Wildman–Crippen MR) is 217 cm³/mol. The first-order chi connectivity index (χ1) is 25.8. The molecule has 9 nitrogen and oxygen atoms in total. The number of hydrogen-bond donors (Lipinski definition) is 6. The third-order valence-electron chi connectivity index (χ3n) is 10.9. The second-order valence-electron chi connectivity index (χ2n) is 15.9. The normalized spacial score (nSPS) is 21.7. The zero-order valence-corrected chi connectivity index (χ0v) is 34.3. The fraction of sp³-hybridized carbons (Fsp3) is 0.932. The monoisotopic (exact) mass is 756 g/mol. The van der Waals surface area contributed by atoms with Crippen LogP contribution in [0, 0.1) is 0 Å². The lowest BCUT2D eigenvalue weighted by Gasteiger charge is -2.40. The van der Waals surface area contributed by atoms with Crippen molar-refractivity contribution in [3.63, 3.8) is 0 Å². The third-order valence-corrected chi connectivity index (χ3v) is 10.9. The Labute approximate surface area is 325 Å². The lowest BCUT2D eigenvalue weighted by Crippen LogP contribution is -2.60. The van der Waals surface area contributed by atoms with Crippen LogP contribution in [0.4, 0.5) is 0 Å². The van der Waals surface area contributed by atoms with E-state index >= 15 is 0 Å². The van der Waals surface area contributed by atoms with E-state index in [2.05, 4.69) is 19.2 Å². The molecule has 0 aromatic rings. The lowest BCUT2D eigenvalue weighted by atomic mass is 9.99. The maximum Gasteiger partial charge on any atom is 0.220 e. The van der Waals surface area contributed by atoms with E-state index in [4.69, 9.17) is 9.47 Å². The number of unbranched alkanes of at least 4 members (excludes halogenated alkanes) is 27. The quantitative estimate of drug-likeness (QED) is 0.0272. The van der Waals surface area contributed by atoms with Crippen molar-refractivity contribution in [2.75, 3.05) is 13.2 Å². The van der Waals surface area contributed by atoms with E-state index < -0.39 is 49.5 Å². The Bertz CT molecular complexity index is 842. The van der Waals surface area contributed by atoms with Crippen molar-refractivity contribution < 1.29 is 39.8 Å². The molecular weight excluding hydrogens is 670 g/mol. The number of carbonyl (C=O) groups excluding carboxylic acids is 1. The van der Waals surface area contributed by atoms with Crippen LogP contribution < -0.4 is 5.32 Å². The van der Waals surface area contributed by atoms with Gasteiger partial charge in [0.15, 0.2) is 6.29 Å². The topological polar surface area (TPSA) is 149 Å². The number of rotatable bonds is 37. The molecule has 1 heterocycles. The molecule has 1 fully saturated rings. The molecule has 1 saturated heterocycles. The summed E-state index contributed by atoms with van der Waals surface area (Å²) < 4.78 is 11.2. The number of aliphatic hydroxyl groups excluding tert-OH is 5. The molecule has 0 aromatic heterocycles. The fourth-order valence-corrected chi connectivity index (χ4v) is 7.21. The highest BCUT2D eigenvalue weighted by atomic mass is 16.7. The molecular formula is C44H85NO8. The zero-order valence-electron chi connectivity index (χ0n) is 34.3. The number of ether oxygens (including phenoxy) is 2. The molecule has 0 bridgehead atoms. The lowest BCUT2D eigenvalue weighted by molar-refractivity contribution is -0.302. The Morgan fingerprint density at radius 3 is 1.47 bits per heavy atom. The van der Waals surface area contributed by atoms with E-state index in [1.54, 1.807) is 6.08 Å². The molecule has 2 unspecified atom stereocenters. The van der Waals surface area contributed by atoms with E-state index in [0.717, 1.165) is 38.5 Å². The first-order valence-electron chi connectivity index (χ1n) is 22.4. The van der Waals surface area contributed by atoms with E-state index in [9.17, 15) is 30.3 Å². The molecule has 314 valence electrons. The van der Waals surface area contributed by atoms with Gasteiger partial charge in [0.05, 0.1) is 25.4 Å². The minimum Gasteiger partial charge on any atom is -0.394 e. The summed E-state index contributed by atoms with van der Waals surface area (Å²) in [5.41, 5.74) is 0. The molecule has 0 spiro atoms. The van der Waals surface area contributed by atoms with Crippen molar-refractivity contribution in [1.29, 1.82) is 0 Å². The fourth-order valence-electron chi connectivity index (χ4n) is 7.21. The largest absolute Gasteiger partial charge is 0.394 e. The minimum atomic E-state index is -1.56. The van der Waals surface area contributed by atoms with Gasteiger partial charge in [-0.2, -0.15) is 0 Å². The molecule has 0 radical (unpaired) electrons. The smallest absolute Gasteiger partial charge is 0.220 e. The Kier molecular flexibility index (Phi) is 33.3. The van der Waals surface area contributed by atoms with Crippen LogP contribution in [0.15, 0.2) is 12.2 Å². The summed E-state index contributed by atoms with van der Waals surface area (Å²) >= 11 is 0. The van der Waals surface area contributed by atoms with E-state index in [1.807, 2.05) is 6.08 Å². The van der Waals surface area contributed by atoms with Crippen molar-refractivity contribution in [1.82, 2.24) is 5.32 Å². The van der Waals surface area contributed by atoms with Gasteiger partial charge in [-0.15, -0.1) is 0 Å². The number of hydrogen-bond acceptors (Lipinski definition) is 8. The van der Waals surface area contributed by atoms with Gasteiger partial charge in [-0.25, -0.2) is 0 Å². The Morgan fingerprint density at radius 2 is 1.04 bits per heavy atom. The summed E-state index contributed by atoms with van der Waals surface area (Å²) in [6, 6.07) is -0.796. The first-order valence-corrected chi connectivity index (χ1v) is 22.4. The van der Waals surface area contributed by atoms with Crippen LogP contribution in [0.3, 0.4) is 0 Å². The molecule has 9 heteroatoms. The molecule has 53 heavy (non-hydrogen) atoms. The van der Waals surface area contributed by atoms with E-state index in [-0.39, 0.29) is 12.5 Å². The minimum absolute atomic E-state index is 0.176. The molecule has 6 N–H and O–H groups in total. The summed E-state index contributed by atoms with van der Waals surface area (Å²) in [5.74, 6) is -0.176. The Morgan fingerprint density at radius 1 is 0.623 bits per heavy atom. The Balaban J connectivity index is 2.26. The average molecular weight is 756 g/mol. The SMILES string of the molecule is CCCCCCCCC/C=C/[C@@H](O)[C@H](CO[C@@H]1O[C@H](CO)[C@H](O)C(O)C1O)NC(=O)CCCCCCCCCCCCCCCCCCCCCCC. The van der Waals surface area contributed by atoms with Crippen molar-refractivity contribution in [3.8, 4) is 0 Å². The molecule has 1 aliphatic heterocycles. The second kappa shape index (κ2) is 35.4. The van der Waals surface area contributed by atoms with Crippen molar-refractivity contribution >= 4 is 5.91 Å².